The van der Waals surface area contributed by atoms with Gasteiger partial charge in [-0.25, -0.2) is 14.5 Å². The van der Waals surface area contributed by atoms with Crippen LogP contribution in [-0.2, 0) is 0 Å². The molecule has 4 rings (SSSR count). The lowest BCUT2D eigenvalue weighted by atomic mass is 10.1. The molecule has 0 aliphatic heterocycles. The summed E-state index contributed by atoms with van der Waals surface area (Å²) in [6.45, 7) is 3.83. The maximum absolute atomic E-state index is 11.7. The number of pyridine rings is 1. The van der Waals surface area contributed by atoms with Crippen LogP contribution in [0.3, 0.4) is 0 Å². The zero-order valence-corrected chi connectivity index (χ0v) is 16.1. The summed E-state index contributed by atoms with van der Waals surface area (Å²) >= 11 is 0. The topological polar surface area (TPSA) is 80.0 Å². The van der Waals surface area contributed by atoms with E-state index >= 15 is 0 Å². The number of para-hydroxylation sites is 1. The summed E-state index contributed by atoms with van der Waals surface area (Å²) in [5.41, 5.74) is 4.53. The van der Waals surface area contributed by atoms with Gasteiger partial charge in [-0.2, -0.15) is 5.10 Å². The van der Waals surface area contributed by atoms with Gasteiger partial charge in [0.25, 0.3) is 0 Å². The van der Waals surface area contributed by atoms with Crippen LogP contribution in [0, 0.1) is 13.8 Å². The number of nitrogens with zero attached hydrogens (tertiary/aromatic N) is 3. The quantitative estimate of drug-likeness (QED) is 0.506. The number of carboxylic acid groups (broad SMARTS) is 1. The molecule has 0 atom stereocenters. The first-order chi connectivity index (χ1) is 14.0. The lowest BCUT2D eigenvalue weighted by molar-refractivity contribution is 0.0697. The second kappa shape index (κ2) is 7.59. The maximum atomic E-state index is 11.7. The highest BCUT2D eigenvalue weighted by molar-refractivity contribution is 5.94. The third-order valence-electron chi connectivity index (χ3n) is 4.63. The molecule has 6 nitrogen and oxygen atoms in total. The molecule has 0 unspecified atom stereocenters. The molecular weight excluding hydrogens is 364 g/mol. The van der Waals surface area contributed by atoms with E-state index in [1.165, 1.54) is 0 Å². The fourth-order valence-electron chi connectivity index (χ4n) is 3.15. The summed E-state index contributed by atoms with van der Waals surface area (Å²) in [5.74, 6) is -0.115. The summed E-state index contributed by atoms with van der Waals surface area (Å²) in [5, 5.41) is 17.5. The number of carbonyl (C=O) groups is 1. The van der Waals surface area contributed by atoms with Crippen molar-refractivity contribution in [3.8, 4) is 16.9 Å². The zero-order chi connectivity index (χ0) is 20.4. The van der Waals surface area contributed by atoms with E-state index in [2.05, 4.69) is 10.3 Å². The summed E-state index contributed by atoms with van der Waals surface area (Å²) < 4.78 is 1.79. The van der Waals surface area contributed by atoms with E-state index in [1.54, 1.807) is 16.8 Å². The van der Waals surface area contributed by atoms with Crippen molar-refractivity contribution < 1.29 is 9.90 Å². The summed E-state index contributed by atoms with van der Waals surface area (Å²) in [4.78, 5) is 16.1. The van der Waals surface area contributed by atoms with Gasteiger partial charge in [0.15, 0.2) is 0 Å². The summed E-state index contributed by atoms with van der Waals surface area (Å²) in [7, 11) is 0. The third kappa shape index (κ3) is 3.73. The molecule has 0 fully saturated rings. The molecule has 2 heterocycles. The molecule has 0 spiro atoms. The van der Waals surface area contributed by atoms with E-state index in [1.807, 2.05) is 74.5 Å². The predicted octanol–water partition coefficient (Wildman–Crippen LogP) is 4.99. The van der Waals surface area contributed by atoms with Gasteiger partial charge in [0.05, 0.1) is 11.4 Å². The maximum Gasteiger partial charge on any atom is 0.339 e. The lowest BCUT2D eigenvalue weighted by Crippen LogP contribution is -2.09. The van der Waals surface area contributed by atoms with Crippen molar-refractivity contribution in [2.75, 3.05) is 5.32 Å². The summed E-state index contributed by atoms with van der Waals surface area (Å²) in [6, 6.07) is 22.9. The Labute approximate surface area is 168 Å². The molecule has 2 aromatic carbocycles. The first-order valence-corrected chi connectivity index (χ1v) is 9.22. The molecule has 0 amide bonds. The van der Waals surface area contributed by atoms with Crippen molar-refractivity contribution in [2.24, 2.45) is 0 Å². The highest BCUT2D eigenvalue weighted by atomic mass is 16.4. The average Bonchev–Trinajstić information content (AvgIpc) is 3.12. The highest BCUT2D eigenvalue weighted by Gasteiger charge is 2.17. The Morgan fingerprint density at radius 1 is 0.966 bits per heavy atom. The van der Waals surface area contributed by atoms with E-state index in [0.717, 1.165) is 28.2 Å². The third-order valence-corrected chi connectivity index (χ3v) is 4.63. The van der Waals surface area contributed by atoms with Crippen molar-refractivity contribution in [3.63, 3.8) is 0 Å². The van der Waals surface area contributed by atoms with Gasteiger partial charge >= 0.3 is 5.97 Å². The van der Waals surface area contributed by atoms with Crippen molar-refractivity contribution in [2.45, 2.75) is 13.8 Å². The number of aromatic carboxylic acids is 1. The van der Waals surface area contributed by atoms with Crippen molar-refractivity contribution >= 4 is 17.6 Å². The fourth-order valence-corrected chi connectivity index (χ4v) is 3.15. The molecule has 0 aliphatic carbocycles. The lowest BCUT2D eigenvalue weighted by Gasteiger charge is -2.13. The van der Waals surface area contributed by atoms with Crippen LogP contribution in [0.4, 0.5) is 11.6 Å². The largest absolute Gasteiger partial charge is 0.478 e. The molecule has 0 saturated heterocycles. The number of nitrogens with one attached hydrogen (secondary N) is 1. The number of carboxylic acids is 1. The normalized spacial score (nSPS) is 10.7. The molecule has 29 heavy (non-hydrogen) atoms. The Morgan fingerprint density at radius 3 is 2.41 bits per heavy atom. The van der Waals surface area contributed by atoms with Crippen molar-refractivity contribution in [1.82, 2.24) is 14.8 Å². The fraction of sp³-hybridized carbons (Fsp3) is 0.0870. The molecule has 2 N–H and O–H groups in total. The van der Waals surface area contributed by atoms with Crippen LogP contribution < -0.4 is 5.32 Å². The molecule has 6 heteroatoms. The van der Waals surface area contributed by atoms with Crippen LogP contribution in [0.5, 0.6) is 0 Å². The standard InChI is InChI=1S/C23H20N4O2/c1-15-8-6-7-11-20(15)27-21(14-19(26-27)17-9-4-3-5-10-17)25-22-18(23(28)29)13-12-16(2)24-22/h3-14H,1-2H3,(H,24,25)(H,28,29). The van der Waals surface area contributed by atoms with Crippen molar-refractivity contribution in [1.29, 1.82) is 0 Å². The Hall–Kier alpha value is -3.93. The van der Waals surface area contributed by atoms with Gasteiger partial charge in [-0.1, -0.05) is 48.5 Å². The number of aryl methyl sites for hydroxylation is 2. The van der Waals surface area contributed by atoms with Crippen LogP contribution in [0.1, 0.15) is 21.6 Å². The highest BCUT2D eigenvalue weighted by Crippen LogP contribution is 2.29. The Kier molecular flexibility index (Phi) is 4.83. The van der Waals surface area contributed by atoms with Crippen LogP contribution in [0.2, 0.25) is 0 Å². The van der Waals surface area contributed by atoms with Gasteiger partial charge in [0, 0.05) is 17.3 Å². The second-order valence-electron chi connectivity index (χ2n) is 6.76. The molecule has 0 radical (unpaired) electrons. The Morgan fingerprint density at radius 2 is 1.69 bits per heavy atom. The SMILES string of the molecule is Cc1ccc(C(=O)O)c(Nc2cc(-c3ccccc3)nn2-c2ccccc2C)n1. The Balaban J connectivity index is 1.87. The van der Waals surface area contributed by atoms with Gasteiger partial charge in [0.1, 0.15) is 17.2 Å². The first-order valence-electron chi connectivity index (χ1n) is 9.22. The van der Waals surface area contributed by atoms with Crippen LogP contribution in [0.25, 0.3) is 16.9 Å². The molecule has 4 aromatic rings. The number of anilines is 2. The zero-order valence-electron chi connectivity index (χ0n) is 16.1. The number of hydrogen-bond acceptors (Lipinski definition) is 4. The van der Waals surface area contributed by atoms with Crippen molar-refractivity contribution in [3.05, 3.63) is 89.6 Å². The van der Waals surface area contributed by atoms with Crippen LogP contribution in [-0.4, -0.2) is 25.8 Å². The van der Waals surface area contributed by atoms with Gasteiger partial charge in [0.2, 0.25) is 0 Å². The Bertz CT molecular complexity index is 1180. The molecule has 0 aliphatic rings. The van der Waals surface area contributed by atoms with E-state index < -0.39 is 5.97 Å². The first kappa shape index (κ1) is 18.4. The second-order valence-corrected chi connectivity index (χ2v) is 6.76. The number of rotatable bonds is 5. The average molecular weight is 384 g/mol. The number of benzene rings is 2. The smallest absolute Gasteiger partial charge is 0.339 e. The van der Waals surface area contributed by atoms with Crippen LogP contribution in [0.15, 0.2) is 72.8 Å². The van der Waals surface area contributed by atoms with E-state index in [0.29, 0.717) is 5.82 Å². The molecular formula is C23H20N4O2. The van der Waals surface area contributed by atoms with E-state index in [9.17, 15) is 9.90 Å². The minimum absolute atomic E-state index is 0.106. The molecule has 144 valence electrons. The monoisotopic (exact) mass is 384 g/mol. The van der Waals surface area contributed by atoms with Gasteiger partial charge in [-0.3, -0.25) is 0 Å². The van der Waals surface area contributed by atoms with Gasteiger partial charge in [-0.15, -0.1) is 0 Å². The number of hydrogen-bond donors (Lipinski definition) is 2. The van der Waals surface area contributed by atoms with Gasteiger partial charge < -0.3 is 10.4 Å². The summed E-state index contributed by atoms with van der Waals surface area (Å²) in [6.07, 6.45) is 0. The van der Waals surface area contributed by atoms with E-state index in [-0.39, 0.29) is 11.4 Å². The molecule has 2 aromatic heterocycles. The molecule has 0 bridgehead atoms. The van der Waals surface area contributed by atoms with E-state index in [4.69, 9.17) is 5.10 Å². The molecule has 0 saturated carbocycles. The van der Waals surface area contributed by atoms with Gasteiger partial charge in [-0.05, 0) is 37.6 Å². The minimum Gasteiger partial charge on any atom is -0.478 e. The number of aromatic nitrogens is 3. The van der Waals surface area contributed by atoms with Crippen LogP contribution >= 0.6 is 0 Å². The predicted molar refractivity (Wildman–Crippen MR) is 113 cm³/mol. The minimum atomic E-state index is -1.04.